The minimum atomic E-state index is -1.22. The summed E-state index contributed by atoms with van der Waals surface area (Å²) in [6.45, 7) is 2.00. The molecule has 0 radical (unpaired) electrons. The number of hydrogen-bond acceptors (Lipinski definition) is 8. The first-order chi connectivity index (χ1) is 19.3. The van der Waals surface area contributed by atoms with Crippen LogP contribution < -0.4 is 29.1 Å². The SMILES string of the molecule is COC(=O)C1C2c3ccccc3OC1(C)N=c1s/c(=C\c3ccc(OC)c(COc4cccc(Cl)c4)c3)c(=O)n12. The molecule has 0 amide bonds. The third kappa shape index (κ3) is 4.45. The van der Waals surface area contributed by atoms with Crippen LogP contribution >= 0.6 is 22.9 Å². The van der Waals surface area contributed by atoms with E-state index in [-0.39, 0.29) is 12.2 Å². The van der Waals surface area contributed by atoms with Gasteiger partial charge in [0.1, 0.15) is 29.8 Å². The number of halogens is 1. The molecule has 3 heterocycles. The zero-order valence-corrected chi connectivity index (χ0v) is 23.5. The van der Waals surface area contributed by atoms with Gasteiger partial charge in [-0.3, -0.25) is 14.2 Å². The van der Waals surface area contributed by atoms with E-state index in [4.69, 9.17) is 35.5 Å². The van der Waals surface area contributed by atoms with Crippen LogP contribution in [0.15, 0.2) is 76.5 Å². The summed E-state index contributed by atoms with van der Waals surface area (Å²) in [5, 5.41) is 0.583. The fourth-order valence-electron chi connectivity index (χ4n) is 5.30. The van der Waals surface area contributed by atoms with Crippen molar-refractivity contribution in [3.8, 4) is 17.2 Å². The second-order valence-corrected chi connectivity index (χ2v) is 11.1. The van der Waals surface area contributed by atoms with Crippen LogP contribution in [0.25, 0.3) is 6.08 Å². The molecule has 4 aromatic rings. The summed E-state index contributed by atoms with van der Waals surface area (Å²) in [5.74, 6) is 0.577. The average Bonchev–Trinajstić information content (AvgIpc) is 3.24. The van der Waals surface area contributed by atoms with E-state index in [0.717, 1.165) is 16.7 Å². The number of methoxy groups -OCH3 is 2. The lowest BCUT2D eigenvalue weighted by molar-refractivity contribution is -0.158. The van der Waals surface area contributed by atoms with Crippen LogP contribution in [0.3, 0.4) is 0 Å². The molecule has 0 spiro atoms. The first kappa shape index (κ1) is 26.2. The quantitative estimate of drug-likeness (QED) is 0.321. The van der Waals surface area contributed by atoms with Gasteiger partial charge in [0, 0.05) is 16.1 Å². The highest BCUT2D eigenvalue weighted by molar-refractivity contribution is 7.07. The second-order valence-electron chi connectivity index (χ2n) is 9.64. The maximum atomic E-state index is 13.9. The number of carbonyl (C=O) groups is 1. The molecular formula is C30H25ClN2O6S. The van der Waals surface area contributed by atoms with Gasteiger partial charge in [-0.15, -0.1) is 0 Å². The van der Waals surface area contributed by atoms with Crippen molar-refractivity contribution in [2.24, 2.45) is 10.9 Å². The topological polar surface area (TPSA) is 88.4 Å². The monoisotopic (exact) mass is 576 g/mol. The molecule has 3 aromatic carbocycles. The summed E-state index contributed by atoms with van der Waals surface area (Å²) in [4.78, 5) is 32.1. The van der Waals surface area contributed by atoms with Crippen molar-refractivity contribution in [1.82, 2.24) is 4.57 Å². The first-order valence-electron chi connectivity index (χ1n) is 12.6. The number of para-hydroxylation sites is 1. The molecule has 10 heteroatoms. The Bertz CT molecular complexity index is 1820. The lowest BCUT2D eigenvalue weighted by Gasteiger charge is -2.44. The minimum Gasteiger partial charge on any atom is -0.496 e. The molecule has 0 saturated heterocycles. The smallest absolute Gasteiger partial charge is 0.317 e. The molecule has 0 fully saturated rings. The van der Waals surface area contributed by atoms with Crippen LogP contribution in [-0.4, -0.2) is 30.5 Å². The highest BCUT2D eigenvalue weighted by atomic mass is 35.5. The van der Waals surface area contributed by atoms with Gasteiger partial charge in [-0.25, -0.2) is 4.99 Å². The maximum absolute atomic E-state index is 13.9. The lowest BCUT2D eigenvalue weighted by Crippen LogP contribution is -2.58. The van der Waals surface area contributed by atoms with Crippen LogP contribution in [0.5, 0.6) is 17.2 Å². The number of rotatable bonds is 6. The summed E-state index contributed by atoms with van der Waals surface area (Å²) < 4.78 is 24.9. The van der Waals surface area contributed by atoms with E-state index in [1.807, 2.05) is 60.7 Å². The number of carbonyl (C=O) groups excluding carboxylic acids is 1. The number of esters is 1. The molecule has 8 nitrogen and oxygen atoms in total. The zero-order chi connectivity index (χ0) is 28.0. The Morgan fingerprint density at radius 3 is 2.75 bits per heavy atom. The van der Waals surface area contributed by atoms with E-state index in [1.165, 1.54) is 18.4 Å². The Morgan fingerprint density at radius 1 is 1.15 bits per heavy atom. The van der Waals surface area contributed by atoms with Crippen LogP contribution in [0.2, 0.25) is 5.02 Å². The number of thiazole rings is 1. The third-order valence-electron chi connectivity index (χ3n) is 7.13. The molecule has 0 saturated carbocycles. The van der Waals surface area contributed by atoms with Gasteiger partial charge >= 0.3 is 5.97 Å². The van der Waals surface area contributed by atoms with E-state index in [9.17, 15) is 9.59 Å². The highest BCUT2D eigenvalue weighted by Crippen LogP contribution is 2.47. The number of nitrogens with zero attached hydrogens (tertiary/aromatic N) is 2. The van der Waals surface area contributed by atoms with Crippen LogP contribution in [0, 0.1) is 5.92 Å². The Balaban J connectivity index is 1.44. The van der Waals surface area contributed by atoms with Gasteiger partial charge in [-0.2, -0.15) is 0 Å². The largest absolute Gasteiger partial charge is 0.496 e. The molecule has 3 unspecified atom stereocenters. The minimum absolute atomic E-state index is 0.242. The van der Waals surface area contributed by atoms with E-state index in [2.05, 4.69) is 0 Å². The van der Waals surface area contributed by atoms with Crippen molar-refractivity contribution in [1.29, 1.82) is 0 Å². The predicted molar refractivity (Wildman–Crippen MR) is 151 cm³/mol. The lowest BCUT2D eigenvalue weighted by atomic mass is 9.81. The van der Waals surface area contributed by atoms with E-state index in [1.54, 1.807) is 30.7 Å². The van der Waals surface area contributed by atoms with E-state index in [0.29, 0.717) is 31.6 Å². The normalized spacial score (nSPS) is 20.9. The van der Waals surface area contributed by atoms with Gasteiger partial charge in [0.2, 0.25) is 5.72 Å². The molecule has 204 valence electrons. The Hall–Kier alpha value is -4.08. The Morgan fingerprint density at radius 2 is 1.98 bits per heavy atom. The van der Waals surface area contributed by atoms with Gasteiger partial charge in [-0.1, -0.05) is 53.3 Å². The van der Waals surface area contributed by atoms with Gasteiger partial charge in [0.15, 0.2) is 4.80 Å². The molecular weight excluding hydrogens is 552 g/mol. The molecule has 2 aliphatic heterocycles. The summed E-state index contributed by atoms with van der Waals surface area (Å²) in [5.41, 5.74) is 0.874. The standard InChI is InChI=1S/C30H25ClN2O6S/c1-30-25(28(35)37-3)26(21-9-4-5-10-23(21)39-30)33-27(34)24(40-29(33)32-30)14-17-11-12-22(36-2)18(13-17)16-38-20-8-6-7-19(31)15-20/h4-15,25-26H,16H2,1-3H3/b24-14-. The maximum Gasteiger partial charge on any atom is 0.317 e. The molecule has 40 heavy (non-hydrogen) atoms. The number of benzene rings is 3. The van der Waals surface area contributed by atoms with Crippen LogP contribution in [0.1, 0.15) is 29.7 Å². The van der Waals surface area contributed by atoms with E-state index >= 15 is 0 Å². The van der Waals surface area contributed by atoms with Crippen molar-refractivity contribution in [2.75, 3.05) is 14.2 Å². The van der Waals surface area contributed by atoms with Crippen molar-refractivity contribution >= 4 is 35.0 Å². The summed E-state index contributed by atoms with van der Waals surface area (Å²) in [6.07, 6.45) is 1.81. The first-order valence-corrected chi connectivity index (χ1v) is 13.7. The molecule has 2 aliphatic rings. The Labute approximate surface area is 238 Å². The molecule has 1 aromatic heterocycles. The van der Waals surface area contributed by atoms with Crippen molar-refractivity contribution in [3.63, 3.8) is 0 Å². The van der Waals surface area contributed by atoms with Crippen LogP contribution in [0.4, 0.5) is 0 Å². The molecule has 6 rings (SSSR count). The fourth-order valence-corrected chi connectivity index (χ4v) is 6.58. The summed E-state index contributed by atoms with van der Waals surface area (Å²) in [6, 6.07) is 19.6. The van der Waals surface area contributed by atoms with Gasteiger partial charge in [0.25, 0.3) is 5.56 Å². The fraction of sp³-hybridized carbons (Fsp3) is 0.233. The number of aromatic nitrogens is 1. The van der Waals surface area contributed by atoms with Crippen molar-refractivity contribution in [3.05, 3.63) is 108 Å². The number of ether oxygens (including phenoxy) is 4. The van der Waals surface area contributed by atoms with Gasteiger partial charge < -0.3 is 18.9 Å². The molecule has 2 bridgehead atoms. The zero-order valence-electron chi connectivity index (χ0n) is 21.9. The van der Waals surface area contributed by atoms with Gasteiger partial charge in [0.05, 0.1) is 24.8 Å². The molecule has 3 atom stereocenters. The van der Waals surface area contributed by atoms with Crippen molar-refractivity contribution < 1.29 is 23.7 Å². The van der Waals surface area contributed by atoms with Crippen molar-refractivity contribution in [2.45, 2.75) is 25.3 Å². The predicted octanol–water partition coefficient (Wildman–Crippen LogP) is 4.10. The second kappa shape index (κ2) is 10.1. The molecule has 0 N–H and O–H groups in total. The van der Waals surface area contributed by atoms with Gasteiger partial charge in [-0.05, 0) is 55.0 Å². The molecule has 0 aliphatic carbocycles. The average molecular weight is 577 g/mol. The van der Waals surface area contributed by atoms with Crippen LogP contribution in [-0.2, 0) is 16.1 Å². The highest BCUT2D eigenvalue weighted by Gasteiger charge is 2.55. The van der Waals surface area contributed by atoms with E-state index < -0.39 is 23.7 Å². The third-order valence-corrected chi connectivity index (χ3v) is 8.35. The number of hydrogen-bond donors (Lipinski definition) is 0. The Kier molecular flexibility index (Phi) is 6.64. The number of fused-ring (bicyclic) bond motifs is 6. The summed E-state index contributed by atoms with van der Waals surface area (Å²) >= 11 is 7.34. The summed E-state index contributed by atoms with van der Waals surface area (Å²) in [7, 11) is 2.93.